The molecule has 0 aromatic heterocycles. The van der Waals surface area contributed by atoms with E-state index >= 15 is 0 Å². The molecule has 2 N–H and O–H groups in total. The van der Waals surface area contributed by atoms with E-state index in [1.54, 1.807) is 20.8 Å². The Labute approximate surface area is 95.5 Å². The quantitative estimate of drug-likeness (QED) is 0.506. The van der Waals surface area contributed by atoms with E-state index in [-0.39, 0.29) is 5.91 Å². The molecule has 0 radical (unpaired) electrons. The summed E-state index contributed by atoms with van der Waals surface area (Å²) in [6.07, 6.45) is 0.430. The Kier molecular flexibility index (Phi) is 6.15. The monoisotopic (exact) mass is 234 g/mol. The minimum absolute atomic E-state index is 0.163. The number of hydrogen-bond acceptors (Lipinski definition) is 4. The van der Waals surface area contributed by atoms with Crippen LogP contribution >= 0.6 is 12.8 Å². The molecule has 0 aromatic rings. The molecular weight excluding hydrogens is 216 g/mol. The van der Waals surface area contributed by atoms with Crippen LogP contribution in [0, 0.1) is 0 Å². The maximum Gasteiger partial charge on any atom is 0.407 e. The Morgan fingerprint density at radius 1 is 1.33 bits per heavy atom. The molecular formula is C9H18N2O3S. The highest BCUT2D eigenvalue weighted by Gasteiger charge is 2.15. The Hall–Kier alpha value is -0.910. The highest BCUT2D eigenvalue weighted by atomic mass is 32.1. The van der Waals surface area contributed by atoms with Crippen LogP contribution < -0.4 is 10.0 Å². The first-order chi connectivity index (χ1) is 6.85. The van der Waals surface area contributed by atoms with Crippen molar-refractivity contribution in [2.24, 2.45) is 0 Å². The molecule has 0 aliphatic rings. The number of carbonyl (C=O) groups is 2. The van der Waals surface area contributed by atoms with Crippen LogP contribution in [0.1, 0.15) is 33.6 Å². The fraction of sp³-hybridized carbons (Fsp3) is 0.778. The molecule has 0 aliphatic heterocycles. The lowest BCUT2D eigenvalue weighted by Gasteiger charge is -2.19. The van der Waals surface area contributed by atoms with Gasteiger partial charge in [-0.3, -0.25) is 4.79 Å². The van der Waals surface area contributed by atoms with E-state index in [4.69, 9.17) is 4.74 Å². The third-order valence-electron chi connectivity index (χ3n) is 1.37. The van der Waals surface area contributed by atoms with E-state index in [1.807, 2.05) is 0 Å². The maximum atomic E-state index is 11.1. The average Bonchev–Trinajstić information content (AvgIpc) is 2.09. The average molecular weight is 234 g/mol. The van der Waals surface area contributed by atoms with E-state index < -0.39 is 11.7 Å². The summed E-state index contributed by atoms with van der Waals surface area (Å²) in [5.74, 6) is -0.163. The first kappa shape index (κ1) is 14.1. The molecule has 6 heteroatoms. The van der Waals surface area contributed by atoms with Gasteiger partial charge in [0.05, 0.1) is 0 Å². The molecule has 0 saturated heterocycles. The summed E-state index contributed by atoms with van der Waals surface area (Å²) in [7, 11) is 0. The molecule has 0 saturated carbocycles. The Balaban J connectivity index is 3.52. The molecule has 15 heavy (non-hydrogen) atoms. The zero-order chi connectivity index (χ0) is 11.9. The van der Waals surface area contributed by atoms with Crippen molar-refractivity contribution in [1.82, 2.24) is 10.0 Å². The number of rotatable bonds is 4. The molecule has 0 bridgehead atoms. The first-order valence-electron chi connectivity index (χ1n) is 4.75. The SMILES string of the molecule is CC(C)(C)OC(=O)NCCCC(=O)NS. The van der Waals surface area contributed by atoms with Crippen LogP contribution in [0.25, 0.3) is 0 Å². The van der Waals surface area contributed by atoms with Crippen LogP contribution in [0.4, 0.5) is 4.79 Å². The molecule has 0 fully saturated rings. The van der Waals surface area contributed by atoms with Crippen LogP contribution in [0.5, 0.6) is 0 Å². The van der Waals surface area contributed by atoms with Crippen LogP contribution in [0.2, 0.25) is 0 Å². The van der Waals surface area contributed by atoms with E-state index in [1.165, 1.54) is 0 Å². The second-order valence-corrected chi connectivity index (χ2v) is 4.29. The fourth-order valence-corrected chi connectivity index (χ4v) is 0.921. The highest BCUT2D eigenvalue weighted by Crippen LogP contribution is 2.06. The van der Waals surface area contributed by atoms with Gasteiger partial charge in [-0.25, -0.2) is 4.79 Å². The summed E-state index contributed by atoms with van der Waals surface area (Å²) in [6.45, 7) is 5.79. The fourth-order valence-electron chi connectivity index (χ4n) is 0.809. The summed E-state index contributed by atoms with van der Waals surface area (Å²) in [6, 6.07) is 0. The van der Waals surface area contributed by atoms with Gasteiger partial charge in [0.2, 0.25) is 5.91 Å². The van der Waals surface area contributed by atoms with Gasteiger partial charge in [0, 0.05) is 13.0 Å². The van der Waals surface area contributed by atoms with Crippen molar-refractivity contribution in [3.63, 3.8) is 0 Å². The van der Waals surface area contributed by atoms with Crippen LogP contribution in [-0.2, 0) is 9.53 Å². The zero-order valence-corrected chi connectivity index (χ0v) is 10.2. The molecule has 0 aliphatic carbocycles. The zero-order valence-electron chi connectivity index (χ0n) is 9.29. The van der Waals surface area contributed by atoms with Crippen LogP contribution in [0.15, 0.2) is 0 Å². The van der Waals surface area contributed by atoms with Gasteiger partial charge in [-0.1, -0.05) is 12.8 Å². The molecule has 0 heterocycles. The highest BCUT2D eigenvalue weighted by molar-refractivity contribution is 7.78. The normalized spacial score (nSPS) is 10.7. The number of thiol groups is 1. The summed E-state index contributed by atoms with van der Waals surface area (Å²) in [4.78, 5) is 21.9. The molecule has 5 nitrogen and oxygen atoms in total. The van der Waals surface area contributed by atoms with Crippen molar-refractivity contribution in [1.29, 1.82) is 0 Å². The van der Waals surface area contributed by atoms with Gasteiger partial charge in [0.25, 0.3) is 0 Å². The van der Waals surface area contributed by atoms with Gasteiger partial charge in [0.1, 0.15) is 5.60 Å². The molecule has 2 amide bonds. The topological polar surface area (TPSA) is 67.4 Å². The van der Waals surface area contributed by atoms with E-state index in [2.05, 4.69) is 22.9 Å². The van der Waals surface area contributed by atoms with Gasteiger partial charge in [0.15, 0.2) is 0 Å². The summed E-state index contributed by atoms with van der Waals surface area (Å²) in [5, 5.41) is 2.55. The predicted octanol–water partition coefficient (Wildman–Crippen LogP) is 1.25. The predicted molar refractivity (Wildman–Crippen MR) is 60.6 cm³/mol. The van der Waals surface area contributed by atoms with Crippen LogP contribution in [0.3, 0.4) is 0 Å². The van der Waals surface area contributed by atoms with Gasteiger partial charge < -0.3 is 14.8 Å². The number of ether oxygens (including phenoxy) is 1. The largest absolute Gasteiger partial charge is 0.444 e. The van der Waals surface area contributed by atoms with Crippen molar-refractivity contribution >= 4 is 24.8 Å². The minimum atomic E-state index is -0.493. The summed E-state index contributed by atoms with van der Waals surface area (Å²) in [5.41, 5.74) is -0.493. The number of alkyl carbamates (subject to hydrolysis) is 1. The number of amides is 2. The number of nitrogens with one attached hydrogen (secondary N) is 2. The second-order valence-electron chi connectivity index (χ2n) is 4.07. The van der Waals surface area contributed by atoms with Crippen LogP contribution in [-0.4, -0.2) is 24.1 Å². The van der Waals surface area contributed by atoms with Gasteiger partial charge >= 0.3 is 6.09 Å². The first-order valence-corrected chi connectivity index (χ1v) is 5.19. The van der Waals surface area contributed by atoms with Crippen molar-refractivity contribution < 1.29 is 14.3 Å². The Bertz CT molecular complexity index is 226. The van der Waals surface area contributed by atoms with E-state index in [9.17, 15) is 9.59 Å². The van der Waals surface area contributed by atoms with Gasteiger partial charge in [-0.15, -0.1) is 0 Å². The molecule has 0 spiro atoms. The second kappa shape index (κ2) is 6.55. The Morgan fingerprint density at radius 3 is 2.40 bits per heavy atom. The number of carbonyl (C=O) groups excluding carboxylic acids is 2. The standard InChI is InChI=1S/C9H18N2O3S/c1-9(2,3)14-8(13)10-6-4-5-7(12)11-15/h15H,4-6H2,1-3H3,(H,10,13)(H,11,12). The third-order valence-corrected chi connectivity index (χ3v) is 1.62. The van der Waals surface area contributed by atoms with Crippen molar-refractivity contribution in [3.8, 4) is 0 Å². The summed E-state index contributed by atoms with van der Waals surface area (Å²) >= 11 is 3.60. The smallest absolute Gasteiger partial charge is 0.407 e. The Morgan fingerprint density at radius 2 is 1.93 bits per heavy atom. The number of hydrogen-bond donors (Lipinski definition) is 3. The van der Waals surface area contributed by atoms with Crippen molar-refractivity contribution in [2.75, 3.05) is 6.54 Å². The maximum absolute atomic E-state index is 11.1. The minimum Gasteiger partial charge on any atom is -0.444 e. The molecule has 0 atom stereocenters. The summed E-state index contributed by atoms with van der Waals surface area (Å²) < 4.78 is 7.21. The van der Waals surface area contributed by atoms with E-state index in [0.29, 0.717) is 19.4 Å². The lowest BCUT2D eigenvalue weighted by molar-refractivity contribution is -0.119. The molecule has 88 valence electrons. The van der Waals surface area contributed by atoms with Gasteiger partial charge in [-0.2, -0.15) is 0 Å². The lowest BCUT2D eigenvalue weighted by Crippen LogP contribution is -2.33. The third kappa shape index (κ3) is 9.40. The molecule has 0 rings (SSSR count). The van der Waals surface area contributed by atoms with Crippen molar-refractivity contribution in [2.45, 2.75) is 39.2 Å². The lowest BCUT2D eigenvalue weighted by atomic mass is 10.2. The molecule has 0 aromatic carbocycles. The van der Waals surface area contributed by atoms with Gasteiger partial charge in [-0.05, 0) is 27.2 Å². The van der Waals surface area contributed by atoms with Crippen molar-refractivity contribution in [3.05, 3.63) is 0 Å². The molecule has 0 unspecified atom stereocenters. The van der Waals surface area contributed by atoms with E-state index in [0.717, 1.165) is 0 Å².